The van der Waals surface area contributed by atoms with Gasteiger partial charge in [0.25, 0.3) is 0 Å². The molecule has 0 aliphatic rings. The van der Waals surface area contributed by atoms with Crippen molar-refractivity contribution < 1.29 is 0 Å². The van der Waals surface area contributed by atoms with Crippen molar-refractivity contribution in [2.75, 3.05) is 10.6 Å². The van der Waals surface area contributed by atoms with Gasteiger partial charge in [-0.25, -0.2) is 0 Å². The van der Waals surface area contributed by atoms with Crippen molar-refractivity contribution in [3.05, 3.63) is 75.4 Å². The highest BCUT2D eigenvalue weighted by Gasteiger charge is 2.09. The van der Waals surface area contributed by atoms with E-state index in [-0.39, 0.29) is 0 Å². The molecule has 7 heteroatoms. The summed E-state index contributed by atoms with van der Waals surface area (Å²) in [6.45, 7) is 4.59. The average molecular weight is 405 g/mol. The third kappa shape index (κ3) is 4.75. The lowest BCUT2D eigenvalue weighted by Crippen LogP contribution is -2.19. The number of nitrogens with zero attached hydrogens (tertiary/aromatic N) is 2. The molecule has 0 radical (unpaired) electrons. The first-order valence-corrected chi connectivity index (χ1v) is 9.20. The molecule has 0 unspecified atom stereocenters. The maximum atomic E-state index is 6.25. The van der Waals surface area contributed by atoms with E-state index in [1.54, 1.807) is 6.07 Å². The highest BCUT2D eigenvalue weighted by atomic mass is 35.5. The topological polar surface area (TPSA) is 41.9 Å². The zero-order valence-electron chi connectivity index (χ0n) is 14.4. The van der Waals surface area contributed by atoms with Crippen LogP contribution in [0.4, 0.5) is 11.5 Å². The van der Waals surface area contributed by atoms with E-state index in [1.807, 2.05) is 61.0 Å². The first-order valence-electron chi connectivity index (χ1n) is 8.04. The molecule has 4 nitrogen and oxygen atoms in total. The van der Waals surface area contributed by atoms with E-state index in [0.29, 0.717) is 27.5 Å². The van der Waals surface area contributed by atoms with E-state index >= 15 is 0 Å². The van der Waals surface area contributed by atoms with E-state index in [1.165, 1.54) is 5.56 Å². The van der Waals surface area contributed by atoms with E-state index in [4.69, 9.17) is 35.4 Å². The molecular formula is C19H18Cl2N4S. The summed E-state index contributed by atoms with van der Waals surface area (Å²) < 4.78 is 1.87. The van der Waals surface area contributed by atoms with Gasteiger partial charge >= 0.3 is 0 Å². The Bertz CT molecular complexity index is 935. The van der Waals surface area contributed by atoms with Crippen molar-refractivity contribution in [2.45, 2.75) is 20.4 Å². The number of rotatable bonds is 4. The highest BCUT2D eigenvalue weighted by molar-refractivity contribution is 7.80. The second-order valence-corrected chi connectivity index (χ2v) is 7.26. The molecule has 0 atom stereocenters. The van der Waals surface area contributed by atoms with Crippen molar-refractivity contribution in [3.63, 3.8) is 0 Å². The molecule has 134 valence electrons. The molecule has 0 bridgehead atoms. The predicted molar refractivity (Wildman–Crippen MR) is 114 cm³/mol. The van der Waals surface area contributed by atoms with Crippen LogP contribution in [-0.2, 0) is 6.54 Å². The molecule has 2 aromatic carbocycles. The SMILES string of the molecule is Cc1ccc(NC(=S)Nc2cc(C)n(Cc3ccc(Cl)cc3Cl)n2)cc1. The summed E-state index contributed by atoms with van der Waals surface area (Å²) in [7, 11) is 0. The van der Waals surface area contributed by atoms with Crippen LogP contribution >= 0.6 is 35.4 Å². The molecule has 0 aliphatic carbocycles. The third-order valence-electron chi connectivity index (χ3n) is 3.87. The van der Waals surface area contributed by atoms with E-state index in [0.717, 1.165) is 16.9 Å². The Kier molecular flexibility index (Phi) is 5.81. The molecule has 0 aliphatic heterocycles. The van der Waals surface area contributed by atoms with Gasteiger partial charge in [0.2, 0.25) is 0 Å². The van der Waals surface area contributed by atoms with Crippen molar-refractivity contribution in [3.8, 4) is 0 Å². The fourth-order valence-corrected chi connectivity index (χ4v) is 3.15. The summed E-state index contributed by atoms with van der Waals surface area (Å²) in [6.07, 6.45) is 0. The fraction of sp³-hybridized carbons (Fsp3) is 0.158. The van der Waals surface area contributed by atoms with Crippen molar-refractivity contribution in [1.29, 1.82) is 0 Å². The Morgan fingerprint density at radius 3 is 2.46 bits per heavy atom. The van der Waals surface area contributed by atoms with Crippen LogP contribution < -0.4 is 10.6 Å². The number of aromatic nitrogens is 2. The Morgan fingerprint density at radius 1 is 1.04 bits per heavy atom. The smallest absolute Gasteiger partial charge is 0.176 e. The molecule has 0 saturated carbocycles. The number of hydrogen-bond donors (Lipinski definition) is 2. The minimum atomic E-state index is 0.489. The number of thiocarbonyl (C=S) groups is 1. The predicted octanol–water partition coefficient (Wildman–Crippen LogP) is 5.66. The standard InChI is InChI=1S/C19H18Cl2N4S/c1-12-3-7-16(8-4-12)22-19(26)23-18-9-13(2)25(24-18)11-14-5-6-15(20)10-17(14)21/h3-10H,11H2,1-2H3,(H2,22,23,24,26). The molecule has 1 heterocycles. The van der Waals surface area contributed by atoms with Crippen LogP contribution in [0.1, 0.15) is 16.8 Å². The van der Waals surface area contributed by atoms with Crippen molar-refractivity contribution >= 4 is 52.0 Å². The zero-order valence-corrected chi connectivity index (χ0v) is 16.7. The minimum absolute atomic E-state index is 0.489. The third-order valence-corrected chi connectivity index (χ3v) is 4.66. The van der Waals surface area contributed by atoms with Crippen LogP contribution in [0.15, 0.2) is 48.5 Å². The number of benzene rings is 2. The Hall–Kier alpha value is -2.08. The number of hydrogen-bond acceptors (Lipinski definition) is 2. The van der Waals surface area contributed by atoms with E-state index in [9.17, 15) is 0 Å². The van der Waals surface area contributed by atoms with Gasteiger partial charge in [0.15, 0.2) is 10.9 Å². The first-order chi connectivity index (χ1) is 12.4. The molecule has 0 amide bonds. The highest BCUT2D eigenvalue weighted by Crippen LogP contribution is 2.22. The molecule has 0 saturated heterocycles. The molecule has 1 aromatic heterocycles. The lowest BCUT2D eigenvalue weighted by atomic mass is 10.2. The molecule has 0 fully saturated rings. The maximum absolute atomic E-state index is 6.25. The van der Waals surface area contributed by atoms with E-state index < -0.39 is 0 Å². The van der Waals surface area contributed by atoms with Gasteiger partial charge in [0, 0.05) is 27.5 Å². The lowest BCUT2D eigenvalue weighted by Gasteiger charge is -2.09. The zero-order chi connectivity index (χ0) is 18.7. The van der Waals surface area contributed by atoms with Crippen LogP contribution in [0.3, 0.4) is 0 Å². The summed E-state index contributed by atoms with van der Waals surface area (Å²) in [5, 5.41) is 12.5. The Balaban J connectivity index is 1.67. The normalized spacial score (nSPS) is 10.6. The average Bonchev–Trinajstić information content (AvgIpc) is 2.91. The quantitative estimate of drug-likeness (QED) is 0.550. The molecule has 26 heavy (non-hydrogen) atoms. The van der Waals surface area contributed by atoms with E-state index in [2.05, 4.69) is 15.7 Å². The van der Waals surface area contributed by atoms with Crippen LogP contribution in [0, 0.1) is 13.8 Å². The van der Waals surface area contributed by atoms with Gasteiger partial charge in [-0.05, 0) is 55.9 Å². The Labute approximate surface area is 168 Å². The molecule has 3 aromatic rings. The monoisotopic (exact) mass is 404 g/mol. The van der Waals surface area contributed by atoms with Crippen molar-refractivity contribution in [2.24, 2.45) is 0 Å². The minimum Gasteiger partial charge on any atom is -0.332 e. The van der Waals surface area contributed by atoms with Crippen LogP contribution in [0.2, 0.25) is 10.0 Å². The summed E-state index contributed by atoms with van der Waals surface area (Å²) in [4.78, 5) is 0. The first kappa shape index (κ1) is 18.7. The molecular weight excluding hydrogens is 387 g/mol. The largest absolute Gasteiger partial charge is 0.332 e. The Morgan fingerprint density at radius 2 is 1.77 bits per heavy atom. The van der Waals surface area contributed by atoms with Crippen LogP contribution in [-0.4, -0.2) is 14.9 Å². The number of nitrogens with one attached hydrogen (secondary N) is 2. The van der Waals surface area contributed by atoms with Crippen LogP contribution in [0.25, 0.3) is 0 Å². The maximum Gasteiger partial charge on any atom is 0.176 e. The van der Waals surface area contributed by atoms with Gasteiger partial charge < -0.3 is 10.6 Å². The lowest BCUT2D eigenvalue weighted by molar-refractivity contribution is 0.668. The molecule has 0 spiro atoms. The van der Waals surface area contributed by atoms with Gasteiger partial charge in [0.05, 0.1) is 6.54 Å². The second-order valence-electron chi connectivity index (χ2n) is 6.01. The van der Waals surface area contributed by atoms with Gasteiger partial charge in [-0.2, -0.15) is 5.10 Å². The van der Waals surface area contributed by atoms with Gasteiger partial charge in [-0.1, -0.05) is 47.0 Å². The van der Waals surface area contributed by atoms with Crippen LogP contribution in [0.5, 0.6) is 0 Å². The summed E-state index contributed by atoms with van der Waals surface area (Å²) in [5.74, 6) is 0.678. The molecule has 3 rings (SSSR count). The number of halogens is 2. The summed E-state index contributed by atoms with van der Waals surface area (Å²) in [5.41, 5.74) is 4.08. The second kappa shape index (κ2) is 8.08. The summed E-state index contributed by atoms with van der Waals surface area (Å²) >= 11 is 17.6. The van der Waals surface area contributed by atoms with Gasteiger partial charge in [-0.15, -0.1) is 0 Å². The number of anilines is 2. The summed E-state index contributed by atoms with van der Waals surface area (Å²) in [6, 6.07) is 15.4. The van der Waals surface area contributed by atoms with Gasteiger partial charge in [0.1, 0.15) is 0 Å². The van der Waals surface area contributed by atoms with Gasteiger partial charge in [-0.3, -0.25) is 4.68 Å². The molecule has 2 N–H and O–H groups in total. The van der Waals surface area contributed by atoms with Crippen molar-refractivity contribution in [1.82, 2.24) is 9.78 Å². The fourth-order valence-electron chi connectivity index (χ4n) is 2.46. The number of aryl methyl sites for hydroxylation is 2.